The molecule has 1 atom stereocenters. The Morgan fingerprint density at radius 3 is 2.87 bits per heavy atom. The second-order valence-corrected chi connectivity index (χ2v) is 2.96. The summed E-state index contributed by atoms with van der Waals surface area (Å²) in [4.78, 5) is 22.3. The first-order valence-electron chi connectivity index (χ1n) is 4.86. The first kappa shape index (κ1) is 11.9. The largest absolute Gasteiger partial charge is 0.465 e. The Labute approximate surface area is 87.9 Å². The monoisotopic (exact) mass is 217 g/mol. The number of carbonyl (C=O) groups excluding carboxylic acids is 2. The summed E-state index contributed by atoms with van der Waals surface area (Å²) in [6.07, 6.45) is -0.617. The first-order valence-corrected chi connectivity index (χ1v) is 4.86. The second kappa shape index (κ2) is 6.36. The van der Waals surface area contributed by atoms with Gasteiger partial charge in [0.1, 0.15) is 6.54 Å². The molecule has 1 N–H and O–H groups in total. The molecule has 0 aliphatic carbocycles. The average Bonchev–Trinajstić information content (AvgIpc) is 2.27. The standard InChI is InChI=1S/C9H15NO5/c1-2-14-8(11)5-10-9(12)7-6-13-3-4-15-7/h7H,2-6H2,1H3,(H,10,12). The van der Waals surface area contributed by atoms with Crippen LogP contribution in [0.15, 0.2) is 0 Å². The Bertz CT molecular complexity index is 225. The molecule has 0 saturated carbocycles. The van der Waals surface area contributed by atoms with Gasteiger partial charge in [-0.25, -0.2) is 0 Å². The van der Waals surface area contributed by atoms with Crippen molar-refractivity contribution in [3.05, 3.63) is 0 Å². The third-order valence-corrected chi connectivity index (χ3v) is 1.82. The highest BCUT2D eigenvalue weighted by Crippen LogP contribution is 2.00. The highest BCUT2D eigenvalue weighted by Gasteiger charge is 2.22. The van der Waals surface area contributed by atoms with Crippen molar-refractivity contribution in [2.45, 2.75) is 13.0 Å². The van der Waals surface area contributed by atoms with Gasteiger partial charge in [-0.2, -0.15) is 0 Å². The fraction of sp³-hybridized carbons (Fsp3) is 0.778. The SMILES string of the molecule is CCOC(=O)CNC(=O)C1COCCO1. The van der Waals surface area contributed by atoms with E-state index in [0.717, 1.165) is 0 Å². The van der Waals surface area contributed by atoms with E-state index in [4.69, 9.17) is 9.47 Å². The van der Waals surface area contributed by atoms with Crippen LogP contribution in [0.1, 0.15) is 6.92 Å². The Balaban J connectivity index is 2.19. The molecule has 0 bridgehead atoms. The zero-order valence-electron chi connectivity index (χ0n) is 8.65. The zero-order chi connectivity index (χ0) is 11.1. The molecule has 0 aromatic rings. The summed E-state index contributed by atoms with van der Waals surface area (Å²) in [5.74, 6) is -0.801. The van der Waals surface area contributed by atoms with Crippen LogP contribution in [0.2, 0.25) is 0 Å². The Kier molecular flexibility index (Phi) is 5.06. The van der Waals surface area contributed by atoms with Crippen molar-refractivity contribution in [1.29, 1.82) is 0 Å². The van der Waals surface area contributed by atoms with Crippen molar-refractivity contribution in [3.63, 3.8) is 0 Å². The molecule has 1 amide bonds. The van der Waals surface area contributed by atoms with Gasteiger partial charge in [0.15, 0.2) is 6.10 Å². The summed E-state index contributed by atoms with van der Waals surface area (Å²) < 4.78 is 14.9. The van der Waals surface area contributed by atoms with Crippen LogP contribution in [-0.4, -0.2) is 51.0 Å². The van der Waals surface area contributed by atoms with Gasteiger partial charge >= 0.3 is 5.97 Å². The van der Waals surface area contributed by atoms with Gasteiger partial charge in [-0.1, -0.05) is 0 Å². The second-order valence-electron chi connectivity index (χ2n) is 2.96. The van der Waals surface area contributed by atoms with Gasteiger partial charge in [0.25, 0.3) is 5.91 Å². The van der Waals surface area contributed by atoms with E-state index in [9.17, 15) is 9.59 Å². The van der Waals surface area contributed by atoms with Gasteiger partial charge in [-0.05, 0) is 6.92 Å². The van der Waals surface area contributed by atoms with E-state index in [1.165, 1.54) is 0 Å². The number of carbonyl (C=O) groups is 2. The van der Waals surface area contributed by atoms with Gasteiger partial charge in [0.05, 0.1) is 26.4 Å². The minimum atomic E-state index is -0.617. The van der Waals surface area contributed by atoms with Gasteiger partial charge in [-0.15, -0.1) is 0 Å². The molecular formula is C9H15NO5. The quantitative estimate of drug-likeness (QED) is 0.616. The maximum Gasteiger partial charge on any atom is 0.325 e. The van der Waals surface area contributed by atoms with Crippen LogP contribution in [0.4, 0.5) is 0 Å². The third kappa shape index (κ3) is 4.26. The van der Waals surface area contributed by atoms with Crippen LogP contribution in [0.25, 0.3) is 0 Å². The molecule has 0 radical (unpaired) electrons. The molecule has 1 aliphatic rings. The molecule has 1 unspecified atom stereocenters. The molecule has 86 valence electrons. The summed E-state index contributed by atoms with van der Waals surface area (Å²) in [7, 11) is 0. The number of nitrogens with one attached hydrogen (secondary N) is 1. The predicted molar refractivity (Wildman–Crippen MR) is 50.2 cm³/mol. The summed E-state index contributed by atoms with van der Waals surface area (Å²) in [6, 6.07) is 0. The Morgan fingerprint density at radius 2 is 2.27 bits per heavy atom. The van der Waals surface area contributed by atoms with Crippen molar-refractivity contribution in [2.75, 3.05) is 33.0 Å². The lowest BCUT2D eigenvalue weighted by Crippen LogP contribution is -2.44. The molecule has 1 heterocycles. The van der Waals surface area contributed by atoms with Gasteiger partial charge < -0.3 is 19.5 Å². The minimum absolute atomic E-state index is 0.132. The topological polar surface area (TPSA) is 73.9 Å². The summed E-state index contributed by atoms with van der Waals surface area (Å²) in [5.41, 5.74) is 0. The molecule has 15 heavy (non-hydrogen) atoms. The maximum atomic E-state index is 11.4. The summed E-state index contributed by atoms with van der Waals surface area (Å²) >= 11 is 0. The van der Waals surface area contributed by atoms with E-state index in [2.05, 4.69) is 10.1 Å². The van der Waals surface area contributed by atoms with Crippen molar-refractivity contribution in [1.82, 2.24) is 5.32 Å². The number of esters is 1. The molecule has 6 heteroatoms. The zero-order valence-corrected chi connectivity index (χ0v) is 8.65. The van der Waals surface area contributed by atoms with Crippen LogP contribution < -0.4 is 5.32 Å². The lowest BCUT2D eigenvalue weighted by molar-refractivity contribution is -0.151. The van der Waals surface area contributed by atoms with Gasteiger partial charge in [0, 0.05) is 0 Å². The molecule has 1 rings (SSSR count). The Morgan fingerprint density at radius 1 is 1.47 bits per heavy atom. The third-order valence-electron chi connectivity index (χ3n) is 1.82. The van der Waals surface area contributed by atoms with E-state index >= 15 is 0 Å². The van der Waals surface area contributed by atoms with E-state index in [1.807, 2.05) is 0 Å². The predicted octanol–water partition coefficient (Wildman–Crippen LogP) is -0.919. The Hall–Kier alpha value is -1.14. The highest BCUT2D eigenvalue weighted by atomic mass is 16.6. The lowest BCUT2D eigenvalue weighted by Gasteiger charge is -2.21. The highest BCUT2D eigenvalue weighted by molar-refractivity contribution is 5.85. The molecular weight excluding hydrogens is 202 g/mol. The van der Waals surface area contributed by atoms with Crippen LogP contribution in [-0.2, 0) is 23.8 Å². The van der Waals surface area contributed by atoms with E-state index in [0.29, 0.717) is 19.8 Å². The number of hydrogen-bond donors (Lipinski definition) is 1. The fourth-order valence-electron chi connectivity index (χ4n) is 1.12. The molecule has 1 fully saturated rings. The first-order chi connectivity index (χ1) is 7.24. The van der Waals surface area contributed by atoms with E-state index in [-0.39, 0.29) is 19.1 Å². The van der Waals surface area contributed by atoms with E-state index < -0.39 is 12.1 Å². The number of amides is 1. The minimum Gasteiger partial charge on any atom is -0.465 e. The summed E-state index contributed by atoms with van der Waals surface area (Å²) in [5, 5.41) is 2.42. The lowest BCUT2D eigenvalue weighted by atomic mass is 10.3. The van der Waals surface area contributed by atoms with E-state index in [1.54, 1.807) is 6.92 Å². The normalized spacial score (nSPS) is 20.7. The molecule has 0 aromatic heterocycles. The van der Waals surface area contributed by atoms with Crippen molar-refractivity contribution in [2.24, 2.45) is 0 Å². The molecule has 1 saturated heterocycles. The van der Waals surface area contributed by atoms with Gasteiger partial charge in [-0.3, -0.25) is 9.59 Å². The van der Waals surface area contributed by atoms with Crippen LogP contribution in [0, 0.1) is 0 Å². The smallest absolute Gasteiger partial charge is 0.325 e. The average molecular weight is 217 g/mol. The number of ether oxygens (including phenoxy) is 3. The molecule has 0 spiro atoms. The maximum absolute atomic E-state index is 11.4. The van der Waals surface area contributed by atoms with Crippen molar-refractivity contribution in [3.8, 4) is 0 Å². The van der Waals surface area contributed by atoms with Crippen molar-refractivity contribution >= 4 is 11.9 Å². The van der Waals surface area contributed by atoms with Crippen molar-refractivity contribution < 1.29 is 23.8 Å². The molecule has 6 nitrogen and oxygen atoms in total. The number of hydrogen-bond acceptors (Lipinski definition) is 5. The molecule has 0 aromatic carbocycles. The number of rotatable bonds is 4. The van der Waals surface area contributed by atoms with Crippen LogP contribution in [0.5, 0.6) is 0 Å². The summed E-state index contributed by atoms with van der Waals surface area (Å²) in [6.45, 7) is 3.01. The van der Waals surface area contributed by atoms with Crippen LogP contribution >= 0.6 is 0 Å². The van der Waals surface area contributed by atoms with Crippen LogP contribution in [0.3, 0.4) is 0 Å². The fourth-order valence-corrected chi connectivity index (χ4v) is 1.12. The van der Waals surface area contributed by atoms with Gasteiger partial charge in [0.2, 0.25) is 0 Å². The molecule has 1 aliphatic heterocycles.